The number of amides is 3. The summed E-state index contributed by atoms with van der Waals surface area (Å²) in [5.74, 6) is 1.12. The van der Waals surface area contributed by atoms with Gasteiger partial charge in [0.15, 0.2) is 11.5 Å². The first-order valence-electron chi connectivity index (χ1n) is 9.09. The first-order chi connectivity index (χ1) is 13.5. The molecule has 0 radical (unpaired) electrons. The smallest absolute Gasteiger partial charge is 0.317 e. The summed E-state index contributed by atoms with van der Waals surface area (Å²) in [6, 6.07) is 14.7. The van der Waals surface area contributed by atoms with Crippen molar-refractivity contribution < 1.29 is 19.1 Å². The van der Waals surface area contributed by atoms with Crippen molar-refractivity contribution >= 4 is 17.6 Å². The molecule has 0 saturated carbocycles. The van der Waals surface area contributed by atoms with E-state index >= 15 is 0 Å². The molecule has 1 saturated heterocycles. The van der Waals surface area contributed by atoms with E-state index in [4.69, 9.17) is 9.47 Å². The van der Waals surface area contributed by atoms with Gasteiger partial charge < -0.3 is 24.6 Å². The van der Waals surface area contributed by atoms with Crippen molar-refractivity contribution in [3.05, 3.63) is 54.1 Å². The first-order valence-corrected chi connectivity index (χ1v) is 9.09. The SMILES string of the molecule is COc1ccc(N2C[C@H](NC(=O)N(C)Cc3ccccc3)CC2=O)cc1OC. The van der Waals surface area contributed by atoms with Crippen molar-refractivity contribution in [1.82, 2.24) is 10.2 Å². The summed E-state index contributed by atoms with van der Waals surface area (Å²) in [5, 5.41) is 2.95. The average Bonchev–Trinajstić information content (AvgIpc) is 3.08. The Labute approximate surface area is 164 Å². The molecule has 1 fully saturated rings. The lowest BCUT2D eigenvalue weighted by molar-refractivity contribution is -0.117. The van der Waals surface area contributed by atoms with Gasteiger partial charge in [-0.25, -0.2) is 4.79 Å². The highest BCUT2D eigenvalue weighted by Crippen LogP contribution is 2.33. The van der Waals surface area contributed by atoms with Crippen LogP contribution in [0.15, 0.2) is 48.5 Å². The maximum Gasteiger partial charge on any atom is 0.317 e. The summed E-state index contributed by atoms with van der Waals surface area (Å²) in [4.78, 5) is 28.2. The summed E-state index contributed by atoms with van der Waals surface area (Å²) < 4.78 is 10.6. The zero-order valence-corrected chi connectivity index (χ0v) is 16.3. The second-order valence-electron chi connectivity index (χ2n) is 6.74. The predicted octanol–water partition coefficient (Wildman–Crippen LogP) is 2.65. The molecule has 0 unspecified atom stereocenters. The molecule has 0 spiro atoms. The number of carbonyl (C=O) groups is 2. The van der Waals surface area contributed by atoms with Crippen LogP contribution in [-0.2, 0) is 11.3 Å². The fourth-order valence-electron chi connectivity index (χ4n) is 3.26. The lowest BCUT2D eigenvalue weighted by atomic mass is 10.2. The number of benzene rings is 2. The molecule has 7 heteroatoms. The van der Waals surface area contributed by atoms with Crippen LogP contribution in [0.5, 0.6) is 11.5 Å². The molecule has 1 atom stereocenters. The van der Waals surface area contributed by atoms with E-state index < -0.39 is 0 Å². The Morgan fingerprint density at radius 3 is 2.54 bits per heavy atom. The molecular formula is C21H25N3O4. The maximum atomic E-state index is 12.5. The Balaban J connectivity index is 1.62. The van der Waals surface area contributed by atoms with E-state index in [0.29, 0.717) is 24.6 Å². The number of methoxy groups -OCH3 is 2. The zero-order chi connectivity index (χ0) is 20.1. The van der Waals surface area contributed by atoms with Crippen LogP contribution in [0.4, 0.5) is 10.5 Å². The fourth-order valence-corrected chi connectivity index (χ4v) is 3.26. The molecule has 2 aromatic rings. The number of hydrogen-bond acceptors (Lipinski definition) is 4. The van der Waals surface area contributed by atoms with Crippen molar-refractivity contribution in [3.8, 4) is 11.5 Å². The highest BCUT2D eigenvalue weighted by molar-refractivity contribution is 5.97. The summed E-state index contributed by atoms with van der Waals surface area (Å²) in [5.41, 5.74) is 1.77. The predicted molar refractivity (Wildman–Crippen MR) is 107 cm³/mol. The van der Waals surface area contributed by atoms with Crippen LogP contribution in [-0.4, -0.2) is 50.7 Å². The lowest BCUT2D eigenvalue weighted by Gasteiger charge is -2.22. The number of rotatable bonds is 6. The Bertz CT molecular complexity index is 841. The third kappa shape index (κ3) is 4.36. The van der Waals surface area contributed by atoms with Gasteiger partial charge in [-0.3, -0.25) is 4.79 Å². The van der Waals surface area contributed by atoms with Gasteiger partial charge in [0.25, 0.3) is 0 Å². The molecular weight excluding hydrogens is 358 g/mol. The summed E-state index contributed by atoms with van der Waals surface area (Å²) in [6.45, 7) is 0.923. The Hall–Kier alpha value is -3.22. The van der Waals surface area contributed by atoms with Crippen LogP contribution in [0.3, 0.4) is 0 Å². The van der Waals surface area contributed by atoms with Gasteiger partial charge in [-0.15, -0.1) is 0 Å². The molecule has 0 aromatic heterocycles. The quantitative estimate of drug-likeness (QED) is 0.833. The highest BCUT2D eigenvalue weighted by atomic mass is 16.5. The molecule has 148 valence electrons. The van der Waals surface area contributed by atoms with E-state index in [0.717, 1.165) is 11.3 Å². The number of nitrogens with zero attached hydrogens (tertiary/aromatic N) is 2. The lowest BCUT2D eigenvalue weighted by Crippen LogP contribution is -2.43. The van der Waals surface area contributed by atoms with Crippen LogP contribution >= 0.6 is 0 Å². The van der Waals surface area contributed by atoms with Gasteiger partial charge >= 0.3 is 6.03 Å². The van der Waals surface area contributed by atoms with Crippen molar-refractivity contribution in [1.29, 1.82) is 0 Å². The Morgan fingerprint density at radius 1 is 1.14 bits per heavy atom. The van der Waals surface area contributed by atoms with Crippen LogP contribution in [0.1, 0.15) is 12.0 Å². The minimum absolute atomic E-state index is 0.0387. The number of carbonyl (C=O) groups excluding carboxylic acids is 2. The van der Waals surface area contributed by atoms with Crippen molar-refractivity contribution in [2.45, 2.75) is 19.0 Å². The summed E-state index contributed by atoms with van der Waals surface area (Å²) in [7, 11) is 4.86. The van der Waals surface area contributed by atoms with Crippen molar-refractivity contribution in [2.24, 2.45) is 0 Å². The molecule has 1 aliphatic heterocycles. The van der Waals surface area contributed by atoms with E-state index in [2.05, 4.69) is 5.32 Å². The third-order valence-corrected chi connectivity index (χ3v) is 4.74. The second-order valence-corrected chi connectivity index (χ2v) is 6.74. The number of urea groups is 1. The van der Waals surface area contributed by atoms with Gasteiger partial charge in [0, 0.05) is 38.3 Å². The van der Waals surface area contributed by atoms with Gasteiger partial charge in [0.2, 0.25) is 5.91 Å². The van der Waals surface area contributed by atoms with Crippen LogP contribution in [0, 0.1) is 0 Å². The van der Waals surface area contributed by atoms with Gasteiger partial charge in [0.05, 0.1) is 20.3 Å². The molecule has 1 aliphatic rings. The molecule has 1 N–H and O–H groups in total. The van der Waals surface area contributed by atoms with E-state index in [-0.39, 0.29) is 24.4 Å². The van der Waals surface area contributed by atoms with E-state index in [1.54, 1.807) is 43.2 Å². The minimum atomic E-state index is -0.244. The van der Waals surface area contributed by atoms with E-state index in [1.165, 1.54) is 0 Å². The van der Waals surface area contributed by atoms with Gasteiger partial charge in [-0.2, -0.15) is 0 Å². The van der Waals surface area contributed by atoms with E-state index in [1.807, 2.05) is 36.4 Å². The topological polar surface area (TPSA) is 71.1 Å². The Kier molecular flexibility index (Phi) is 6.03. The molecule has 28 heavy (non-hydrogen) atoms. The molecule has 3 amide bonds. The van der Waals surface area contributed by atoms with Gasteiger partial charge in [-0.05, 0) is 17.7 Å². The van der Waals surface area contributed by atoms with Gasteiger partial charge in [0.1, 0.15) is 0 Å². The number of nitrogens with one attached hydrogen (secondary N) is 1. The van der Waals surface area contributed by atoms with Crippen LogP contribution in [0.2, 0.25) is 0 Å². The molecule has 0 bridgehead atoms. The molecule has 1 heterocycles. The molecule has 0 aliphatic carbocycles. The van der Waals surface area contributed by atoms with Crippen molar-refractivity contribution in [2.75, 3.05) is 32.7 Å². The normalized spacial score (nSPS) is 16.0. The van der Waals surface area contributed by atoms with Crippen molar-refractivity contribution in [3.63, 3.8) is 0 Å². The average molecular weight is 383 g/mol. The number of hydrogen-bond donors (Lipinski definition) is 1. The second kappa shape index (κ2) is 8.65. The summed E-state index contributed by atoms with van der Waals surface area (Å²) >= 11 is 0. The standard InChI is InChI=1S/C21H25N3O4/c1-23(13-15-7-5-4-6-8-15)21(26)22-16-11-20(25)24(14-16)17-9-10-18(27-2)19(12-17)28-3/h4-10,12,16H,11,13-14H2,1-3H3,(H,22,26)/t16-/m1/s1. The molecule has 2 aromatic carbocycles. The molecule has 3 rings (SSSR count). The van der Waals surface area contributed by atoms with Crippen LogP contribution in [0.25, 0.3) is 0 Å². The van der Waals surface area contributed by atoms with Gasteiger partial charge in [-0.1, -0.05) is 30.3 Å². The first kappa shape index (κ1) is 19.5. The maximum absolute atomic E-state index is 12.5. The number of anilines is 1. The third-order valence-electron chi connectivity index (χ3n) is 4.74. The minimum Gasteiger partial charge on any atom is -0.493 e. The Morgan fingerprint density at radius 2 is 1.86 bits per heavy atom. The summed E-state index contributed by atoms with van der Waals surface area (Å²) in [6.07, 6.45) is 0.263. The monoisotopic (exact) mass is 383 g/mol. The van der Waals surface area contributed by atoms with E-state index in [9.17, 15) is 9.59 Å². The fraction of sp³-hybridized carbons (Fsp3) is 0.333. The zero-order valence-electron chi connectivity index (χ0n) is 16.3. The number of ether oxygens (including phenoxy) is 2. The largest absolute Gasteiger partial charge is 0.493 e. The van der Waals surface area contributed by atoms with Crippen LogP contribution < -0.4 is 19.7 Å². The molecule has 7 nitrogen and oxygen atoms in total. The highest BCUT2D eigenvalue weighted by Gasteiger charge is 2.32.